The summed E-state index contributed by atoms with van der Waals surface area (Å²) in [6, 6.07) is 4.50. The molecule has 1 amide bonds. The number of furan rings is 1. The lowest BCUT2D eigenvalue weighted by Crippen LogP contribution is -2.41. The zero-order chi connectivity index (χ0) is 19.3. The van der Waals surface area contributed by atoms with Crippen molar-refractivity contribution in [3.05, 3.63) is 18.4 Å². The van der Waals surface area contributed by atoms with E-state index in [9.17, 15) is 4.79 Å². The molecule has 6 nitrogen and oxygen atoms in total. The van der Waals surface area contributed by atoms with Crippen LogP contribution >= 0.6 is 11.8 Å². The second kappa shape index (κ2) is 9.16. The minimum atomic E-state index is 0.0986. The number of rotatable bonds is 6. The Balaban J connectivity index is 1.45. The molecule has 2 aliphatic carbocycles. The maximum absolute atomic E-state index is 12.5. The number of nitrogens with one attached hydrogen (secondary N) is 1. The second-order valence-electron chi connectivity index (χ2n) is 8.17. The van der Waals surface area contributed by atoms with Gasteiger partial charge in [0.05, 0.1) is 12.0 Å². The van der Waals surface area contributed by atoms with E-state index in [2.05, 4.69) is 27.0 Å². The predicted molar refractivity (Wildman–Crippen MR) is 110 cm³/mol. The van der Waals surface area contributed by atoms with Gasteiger partial charge >= 0.3 is 0 Å². The first kappa shape index (κ1) is 19.6. The molecule has 2 aromatic rings. The summed E-state index contributed by atoms with van der Waals surface area (Å²) in [5.74, 6) is 2.57. The van der Waals surface area contributed by atoms with Gasteiger partial charge in [0.1, 0.15) is 0 Å². The normalized spacial score (nSPS) is 23.6. The lowest BCUT2D eigenvalue weighted by atomic mass is 9.86. The Labute approximate surface area is 170 Å². The molecule has 0 unspecified atom stereocenters. The zero-order valence-corrected chi connectivity index (χ0v) is 17.4. The minimum absolute atomic E-state index is 0.0986. The highest BCUT2D eigenvalue weighted by molar-refractivity contribution is 7.99. The Morgan fingerprint density at radius 2 is 1.96 bits per heavy atom. The van der Waals surface area contributed by atoms with Crippen molar-refractivity contribution < 1.29 is 9.21 Å². The maximum atomic E-state index is 12.5. The summed E-state index contributed by atoms with van der Waals surface area (Å²) in [6.45, 7) is 2.24. The first-order chi connectivity index (χ1) is 13.7. The molecule has 2 heterocycles. The van der Waals surface area contributed by atoms with Crippen LogP contribution in [0, 0.1) is 5.92 Å². The second-order valence-corrected chi connectivity index (χ2v) is 9.11. The lowest BCUT2D eigenvalue weighted by molar-refractivity contribution is -0.119. The van der Waals surface area contributed by atoms with Crippen molar-refractivity contribution in [2.45, 2.75) is 82.0 Å². The first-order valence-corrected chi connectivity index (χ1v) is 11.6. The van der Waals surface area contributed by atoms with Crippen molar-refractivity contribution in [2.24, 2.45) is 5.92 Å². The number of hydrogen-bond acceptors (Lipinski definition) is 5. The van der Waals surface area contributed by atoms with Gasteiger partial charge in [0.25, 0.3) is 0 Å². The predicted octanol–water partition coefficient (Wildman–Crippen LogP) is 4.83. The topological polar surface area (TPSA) is 73.0 Å². The molecular weight excluding hydrogens is 372 g/mol. The summed E-state index contributed by atoms with van der Waals surface area (Å²) in [4.78, 5) is 12.5. The van der Waals surface area contributed by atoms with E-state index in [-0.39, 0.29) is 5.91 Å². The van der Waals surface area contributed by atoms with Crippen molar-refractivity contribution in [3.8, 4) is 11.6 Å². The van der Waals surface area contributed by atoms with Crippen LogP contribution in [0.3, 0.4) is 0 Å². The fourth-order valence-electron chi connectivity index (χ4n) is 4.53. The van der Waals surface area contributed by atoms with Crippen molar-refractivity contribution in [3.63, 3.8) is 0 Å². The number of nitrogens with zero attached hydrogens (tertiary/aromatic N) is 3. The highest BCUT2D eigenvalue weighted by Crippen LogP contribution is 2.35. The highest BCUT2D eigenvalue weighted by Gasteiger charge is 2.26. The van der Waals surface area contributed by atoms with Crippen molar-refractivity contribution in [1.82, 2.24) is 20.1 Å². The molecule has 7 heteroatoms. The number of hydrogen-bond donors (Lipinski definition) is 1. The standard InChI is InChI=1S/C21H30N4O2S/c1-15-8-5-6-11-17(15)22-19(26)14-28-21-24-23-20(18-12-7-13-27-18)25(21)16-9-3-2-4-10-16/h7,12-13,15-17H,2-6,8-11,14H2,1H3,(H,22,26)/t15-,17-/m1/s1. The van der Waals surface area contributed by atoms with E-state index in [1.807, 2.05) is 12.1 Å². The summed E-state index contributed by atoms with van der Waals surface area (Å²) in [6.07, 6.45) is 12.5. The molecule has 0 aromatic carbocycles. The first-order valence-electron chi connectivity index (χ1n) is 10.6. The Bertz CT molecular complexity index is 767. The zero-order valence-electron chi connectivity index (χ0n) is 16.6. The van der Waals surface area contributed by atoms with Crippen LogP contribution in [0.2, 0.25) is 0 Å². The van der Waals surface area contributed by atoms with Crippen molar-refractivity contribution >= 4 is 17.7 Å². The molecule has 152 valence electrons. The molecule has 1 N–H and O–H groups in total. The fraction of sp³-hybridized carbons (Fsp3) is 0.667. The number of aromatic nitrogens is 3. The maximum Gasteiger partial charge on any atom is 0.230 e. The van der Waals surface area contributed by atoms with Gasteiger partial charge in [0, 0.05) is 12.1 Å². The largest absolute Gasteiger partial charge is 0.461 e. The summed E-state index contributed by atoms with van der Waals surface area (Å²) in [5.41, 5.74) is 0. The van der Waals surface area contributed by atoms with Crippen LogP contribution in [0.25, 0.3) is 11.6 Å². The molecule has 2 atom stereocenters. The molecule has 2 fully saturated rings. The number of thioether (sulfide) groups is 1. The average Bonchev–Trinajstić information content (AvgIpc) is 3.38. The molecule has 2 aliphatic rings. The summed E-state index contributed by atoms with van der Waals surface area (Å²) < 4.78 is 7.80. The van der Waals surface area contributed by atoms with Gasteiger partial charge in [-0.2, -0.15) is 0 Å². The van der Waals surface area contributed by atoms with Crippen LogP contribution in [0.4, 0.5) is 0 Å². The van der Waals surface area contributed by atoms with Gasteiger partial charge in [-0.1, -0.05) is 50.8 Å². The lowest BCUT2D eigenvalue weighted by Gasteiger charge is -2.29. The highest BCUT2D eigenvalue weighted by atomic mass is 32.2. The van der Waals surface area contributed by atoms with E-state index in [1.165, 1.54) is 50.3 Å². The van der Waals surface area contributed by atoms with E-state index in [0.29, 0.717) is 23.8 Å². The molecular formula is C21H30N4O2S. The van der Waals surface area contributed by atoms with Gasteiger partial charge in [0.15, 0.2) is 10.9 Å². The average molecular weight is 403 g/mol. The molecule has 0 aliphatic heterocycles. The summed E-state index contributed by atoms with van der Waals surface area (Å²) in [5, 5.41) is 12.9. The quantitative estimate of drug-likeness (QED) is 0.701. The minimum Gasteiger partial charge on any atom is -0.461 e. The van der Waals surface area contributed by atoms with Crippen molar-refractivity contribution in [1.29, 1.82) is 0 Å². The number of carbonyl (C=O) groups excluding carboxylic acids is 1. The Morgan fingerprint density at radius 3 is 2.71 bits per heavy atom. The SMILES string of the molecule is C[C@@H]1CCCC[C@H]1NC(=O)CSc1nnc(-c2ccco2)n1C1CCCCC1. The number of amides is 1. The Kier molecular flexibility index (Phi) is 6.40. The van der Waals surface area contributed by atoms with Crippen molar-refractivity contribution in [2.75, 3.05) is 5.75 Å². The van der Waals surface area contributed by atoms with E-state index in [1.54, 1.807) is 6.26 Å². The number of carbonyl (C=O) groups is 1. The van der Waals surface area contributed by atoms with E-state index < -0.39 is 0 Å². The molecule has 2 aromatic heterocycles. The van der Waals surface area contributed by atoms with Gasteiger partial charge < -0.3 is 9.73 Å². The van der Waals surface area contributed by atoms with Gasteiger partial charge in [0.2, 0.25) is 11.7 Å². The monoisotopic (exact) mass is 402 g/mol. The van der Waals surface area contributed by atoms with Crippen LogP contribution in [-0.2, 0) is 4.79 Å². The third-order valence-corrected chi connectivity index (χ3v) is 7.08. The van der Waals surface area contributed by atoms with Crippen LogP contribution in [0.15, 0.2) is 28.0 Å². The molecule has 0 saturated heterocycles. The van der Waals surface area contributed by atoms with E-state index in [4.69, 9.17) is 4.42 Å². The molecule has 28 heavy (non-hydrogen) atoms. The van der Waals surface area contributed by atoms with E-state index >= 15 is 0 Å². The molecule has 0 bridgehead atoms. The molecule has 0 radical (unpaired) electrons. The Hall–Kier alpha value is -1.76. The summed E-state index contributed by atoms with van der Waals surface area (Å²) in [7, 11) is 0. The van der Waals surface area contributed by atoms with Gasteiger partial charge in [-0.15, -0.1) is 10.2 Å². The molecule has 0 spiro atoms. The molecule has 2 saturated carbocycles. The molecule has 4 rings (SSSR count). The van der Waals surface area contributed by atoms with Crippen LogP contribution in [-0.4, -0.2) is 32.5 Å². The fourth-order valence-corrected chi connectivity index (χ4v) is 5.34. The van der Waals surface area contributed by atoms with Crippen LogP contribution in [0.5, 0.6) is 0 Å². The van der Waals surface area contributed by atoms with Crippen LogP contribution < -0.4 is 5.32 Å². The van der Waals surface area contributed by atoms with Gasteiger partial charge in [-0.3, -0.25) is 9.36 Å². The Morgan fingerprint density at radius 1 is 1.18 bits per heavy atom. The van der Waals surface area contributed by atoms with Gasteiger partial charge in [-0.05, 0) is 43.7 Å². The van der Waals surface area contributed by atoms with Crippen LogP contribution in [0.1, 0.15) is 70.8 Å². The smallest absolute Gasteiger partial charge is 0.230 e. The summed E-state index contributed by atoms with van der Waals surface area (Å²) >= 11 is 1.49. The third-order valence-electron chi connectivity index (χ3n) is 6.14. The van der Waals surface area contributed by atoms with E-state index in [0.717, 1.165) is 36.0 Å². The van der Waals surface area contributed by atoms with Gasteiger partial charge in [-0.25, -0.2) is 0 Å². The third kappa shape index (κ3) is 4.45.